The van der Waals surface area contributed by atoms with Crippen molar-refractivity contribution in [1.82, 2.24) is 4.98 Å². The first kappa shape index (κ1) is 17.0. The van der Waals surface area contributed by atoms with Crippen LogP contribution in [0.2, 0.25) is 0 Å². The van der Waals surface area contributed by atoms with Crippen molar-refractivity contribution in [2.45, 2.75) is 63.8 Å². The Hall–Kier alpha value is -0.855. The molecule has 3 nitrogen and oxygen atoms in total. The molecule has 0 spiro atoms. The predicted molar refractivity (Wildman–Crippen MR) is 83.3 cm³/mol. The largest absolute Gasteiger partial charge is 0.490 e. The highest BCUT2D eigenvalue weighted by atomic mass is 32.1. The molecule has 1 unspecified atom stereocenters. The number of aromatic nitrogens is 1. The molecule has 126 valence electrons. The maximum absolute atomic E-state index is 12.7. The highest BCUT2D eigenvalue weighted by molar-refractivity contribution is 7.09. The van der Waals surface area contributed by atoms with Crippen molar-refractivity contribution < 1.29 is 22.5 Å². The van der Waals surface area contributed by atoms with Crippen molar-refractivity contribution in [3.8, 4) is 0 Å². The fourth-order valence-corrected chi connectivity index (χ4v) is 3.53. The van der Waals surface area contributed by atoms with Crippen LogP contribution < -0.4 is 0 Å². The van der Waals surface area contributed by atoms with E-state index in [1.807, 2.05) is 33.8 Å². The van der Waals surface area contributed by atoms with Crippen molar-refractivity contribution in [2.75, 3.05) is 0 Å². The molecule has 0 N–H and O–H groups in total. The molecule has 1 aromatic heterocycles. The monoisotopic (exact) mass is 345 g/mol. The van der Waals surface area contributed by atoms with E-state index in [-0.39, 0.29) is 5.92 Å². The average molecular weight is 345 g/mol. The summed E-state index contributed by atoms with van der Waals surface area (Å²) < 4.78 is 50.0. The number of halogens is 3. The molecule has 1 aliphatic carbocycles. The molecule has 1 saturated heterocycles. The van der Waals surface area contributed by atoms with E-state index in [2.05, 4.69) is 4.98 Å². The minimum absolute atomic E-state index is 0.0311. The lowest BCUT2D eigenvalue weighted by Crippen LogP contribution is -2.41. The van der Waals surface area contributed by atoms with Crippen LogP contribution in [0.3, 0.4) is 0 Å². The van der Waals surface area contributed by atoms with E-state index in [0.717, 1.165) is 5.47 Å². The lowest BCUT2D eigenvalue weighted by atomic mass is 9.76. The Balaban J connectivity index is 1.69. The second-order valence-corrected chi connectivity index (χ2v) is 7.94. The van der Waals surface area contributed by atoms with Gasteiger partial charge in [-0.15, -0.1) is 11.3 Å². The average Bonchev–Trinajstić information content (AvgIpc) is 3.08. The number of nitrogens with zero attached hydrogens (tertiary/aromatic N) is 1. The van der Waals surface area contributed by atoms with Gasteiger partial charge in [0.15, 0.2) is 5.01 Å². The van der Waals surface area contributed by atoms with Crippen LogP contribution in [0.5, 0.6) is 0 Å². The molecule has 0 saturated carbocycles. The smallest absolute Gasteiger partial charge is 0.400 e. The SMILES string of the molecule is CC1(C)OB(C2=CCC(c3csc(C(F)(F)F)n3)C2)OC1(C)C. The van der Waals surface area contributed by atoms with E-state index < -0.39 is 29.5 Å². The van der Waals surface area contributed by atoms with Gasteiger partial charge in [-0.3, -0.25) is 0 Å². The Morgan fingerprint density at radius 1 is 1.22 bits per heavy atom. The van der Waals surface area contributed by atoms with Crippen molar-refractivity contribution in [3.63, 3.8) is 0 Å². The van der Waals surface area contributed by atoms with Crippen LogP contribution in [0.25, 0.3) is 0 Å². The number of alkyl halides is 3. The van der Waals surface area contributed by atoms with Crippen molar-refractivity contribution in [2.24, 2.45) is 0 Å². The predicted octanol–water partition coefficient (Wildman–Crippen LogP) is 4.60. The molecular weight excluding hydrogens is 326 g/mol. The zero-order valence-corrected chi connectivity index (χ0v) is 14.3. The van der Waals surface area contributed by atoms with E-state index in [1.54, 1.807) is 0 Å². The number of thiazole rings is 1. The summed E-state index contributed by atoms with van der Waals surface area (Å²) in [5.74, 6) is -0.0311. The topological polar surface area (TPSA) is 31.4 Å². The van der Waals surface area contributed by atoms with Gasteiger partial charge in [-0.2, -0.15) is 13.2 Å². The van der Waals surface area contributed by atoms with Crippen LogP contribution in [-0.4, -0.2) is 23.3 Å². The van der Waals surface area contributed by atoms with Gasteiger partial charge in [0.2, 0.25) is 0 Å². The summed E-state index contributed by atoms with van der Waals surface area (Å²) in [6.45, 7) is 7.93. The maximum Gasteiger partial charge on any atom is 0.490 e. The lowest BCUT2D eigenvalue weighted by molar-refractivity contribution is -0.137. The molecule has 0 aromatic carbocycles. The van der Waals surface area contributed by atoms with Crippen molar-refractivity contribution in [3.05, 3.63) is 27.6 Å². The first-order chi connectivity index (χ1) is 10.5. The summed E-state index contributed by atoms with van der Waals surface area (Å²) in [5.41, 5.74) is 0.668. The number of hydrogen-bond donors (Lipinski definition) is 0. The third-order valence-electron chi connectivity index (χ3n) is 4.89. The molecule has 23 heavy (non-hydrogen) atoms. The summed E-state index contributed by atoms with van der Waals surface area (Å²) in [6.07, 6.45) is -1.07. The molecule has 1 fully saturated rings. The molecule has 0 bridgehead atoms. The molecule has 1 atom stereocenters. The third-order valence-corrected chi connectivity index (χ3v) is 5.79. The summed E-state index contributed by atoms with van der Waals surface area (Å²) in [6, 6.07) is 0. The maximum atomic E-state index is 12.7. The van der Waals surface area contributed by atoms with Crippen LogP contribution in [0, 0.1) is 0 Å². The zero-order chi connectivity index (χ0) is 17.0. The molecule has 2 heterocycles. The van der Waals surface area contributed by atoms with Gasteiger partial charge in [-0.05, 0) is 46.0 Å². The van der Waals surface area contributed by atoms with E-state index >= 15 is 0 Å². The fraction of sp³-hybridized carbons (Fsp3) is 0.667. The number of allylic oxidation sites excluding steroid dienone is 2. The van der Waals surface area contributed by atoms with E-state index in [1.165, 1.54) is 5.38 Å². The minimum Gasteiger partial charge on any atom is -0.400 e. The Morgan fingerprint density at radius 3 is 2.35 bits per heavy atom. The Kier molecular flexibility index (Phi) is 3.93. The molecule has 0 amide bonds. The molecule has 2 aliphatic rings. The molecule has 3 rings (SSSR count). The summed E-state index contributed by atoms with van der Waals surface area (Å²) >= 11 is 0.655. The zero-order valence-electron chi connectivity index (χ0n) is 13.5. The Bertz CT molecular complexity index is 623. The third kappa shape index (κ3) is 3.08. The van der Waals surface area contributed by atoms with Crippen LogP contribution >= 0.6 is 11.3 Å². The summed E-state index contributed by atoms with van der Waals surface area (Å²) in [5, 5.41) is 0.727. The van der Waals surface area contributed by atoms with E-state index in [4.69, 9.17) is 9.31 Å². The minimum atomic E-state index is -4.37. The standard InChI is InChI=1S/C15H19BF3NO2S/c1-13(2)14(3,4)22-16(21-13)10-6-5-9(7-10)11-8-23-12(20-11)15(17,18)19/h6,8-9H,5,7H2,1-4H3. The molecule has 1 aromatic rings. The molecule has 8 heteroatoms. The van der Waals surface area contributed by atoms with Gasteiger partial charge in [0.25, 0.3) is 0 Å². The number of rotatable bonds is 2. The van der Waals surface area contributed by atoms with E-state index in [9.17, 15) is 13.2 Å². The highest BCUT2D eigenvalue weighted by Gasteiger charge is 2.53. The second kappa shape index (κ2) is 5.32. The molecule has 1 aliphatic heterocycles. The highest BCUT2D eigenvalue weighted by Crippen LogP contribution is 2.44. The quantitative estimate of drug-likeness (QED) is 0.735. The fourth-order valence-electron chi connectivity index (χ4n) is 2.76. The van der Waals surface area contributed by atoms with Gasteiger partial charge in [0, 0.05) is 11.3 Å². The second-order valence-electron chi connectivity index (χ2n) is 7.08. The van der Waals surface area contributed by atoms with Gasteiger partial charge in [0.1, 0.15) is 0 Å². The van der Waals surface area contributed by atoms with Gasteiger partial charge in [-0.1, -0.05) is 6.08 Å². The van der Waals surface area contributed by atoms with E-state index in [0.29, 0.717) is 29.9 Å². The number of hydrogen-bond acceptors (Lipinski definition) is 4. The van der Waals surface area contributed by atoms with Crippen LogP contribution in [0.1, 0.15) is 57.2 Å². The first-order valence-corrected chi connectivity index (χ1v) is 8.45. The van der Waals surface area contributed by atoms with Crippen molar-refractivity contribution in [1.29, 1.82) is 0 Å². The van der Waals surface area contributed by atoms with Crippen LogP contribution in [-0.2, 0) is 15.5 Å². The summed E-state index contributed by atoms with van der Waals surface area (Å²) in [4.78, 5) is 3.76. The van der Waals surface area contributed by atoms with Gasteiger partial charge < -0.3 is 9.31 Å². The Labute approximate surface area is 138 Å². The van der Waals surface area contributed by atoms with Gasteiger partial charge in [0.05, 0.1) is 16.9 Å². The van der Waals surface area contributed by atoms with Gasteiger partial charge >= 0.3 is 13.3 Å². The van der Waals surface area contributed by atoms with Crippen molar-refractivity contribution >= 4 is 18.5 Å². The molecular formula is C15H19BF3NO2S. The van der Waals surface area contributed by atoms with Crippen LogP contribution in [0.4, 0.5) is 13.2 Å². The van der Waals surface area contributed by atoms with Crippen LogP contribution in [0.15, 0.2) is 16.9 Å². The lowest BCUT2D eigenvalue weighted by Gasteiger charge is -2.32. The van der Waals surface area contributed by atoms with Gasteiger partial charge in [-0.25, -0.2) is 4.98 Å². The molecule has 0 radical (unpaired) electrons. The normalized spacial score (nSPS) is 26.7. The first-order valence-electron chi connectivity index (χ1n) is 7.57. The summed E-state index contributed by atoms with van der Waals surface area (Å²) in [7, 11) is -0.425. The Morgan fingerprint density at radius 2 is 1.83 bits per heavy atom.